The molecule has 0 aliphatic carbocycles. The molecule has 0 heterocycles. The van der Waals surface area contributed by atoms with Gasteiger partial charge in [-0.2, -0.15) is 0 Å². The topological polar surface area (TPSA) is 64.3 Å². The lowest BCUT2D eigenvalue weighted by molar-refractivity contribution is -0.123. The smallest absolute Gasteiger partial charge is 0.223 e. The Morgan fingerprint density at radius 1 is 1.24 bits per heavy atom. The van der Waals surface area contributed by atoms with E-state index in [-0.39, 0.29) is 11.4 Å². The van der Waals surface area contributed by atoms with Crippen LogP contribution >= 0.6 is 0 Å². The van der Waals surface area contributed by atoms with Crippen LogP contribution in [0.15, 0.2) is 18.2 Å². The number of aryl methyl sites for hydroxylation is 2. The number of hydrogen-bond donors (Lipinski definition) is 2. The van der Waals surface area contributed by atoms with Crippen LogP contribution in [0.1, 0.15) is 44.2 Å². The molecule has 0 spiro atoms. The van der Waals surface area contributed by atoms with Gasteiger partial charge in [0.2, 0.25) is 5.91 Å². The third kappa shape index (κ3) is 5.05. The summed E-state index contributed by atoms with van der Waals surface area (Å²) in [4.78, 5) is 12.0. The summed E-state index contributed by atoms with van der Waals surface area (Å²) in [6.07, 6.45) is 2.02. The maximum atomic E-state index is 12.0. The summed E-state index contributed by atoms with van der Waals surface area (Å²) in [5, 5.41) is 3.04. The summed E-state index contributed by atoms with van der Waals surface area (Å²) in [6.45, 7) is 9.04. The number of carbonyl (C=O) groups is 1. The highest BCUT2D eigenvalue weighted by Gasteiger charge is 2.25. The van der Waals surface area contributed by atoms with E-state index in [2.05, 4.69) is 12.2 Å². The van der Waals surface area contributed by atoms with Crippen molar-refractivity contribution in [2.75, 3.05) is 13.2 Å². The van der Waals surface area contributed by atoms with Gasteiger partial charge in [0.25, 0.3) is 0 Å². The second-order valence-corrected chi connectivity index (χ2v) is 5.58. The number of ether oxygens (including phenoxy) is 1. The van der Waals surface area contributed by atoms with Gasteiger partial charge in [-0.15, -0.1) is 0 Å². The molecular weight excluding hydrogens is 264 g/mol. The van der Waals surface area contributed by atoms with Crippen LogP contribution in [0, 0.1) is 13.8 Å². The van der Waals surface area contributed by atoms with Gasteiger partial charge in [-0.1, -0.05) is 19.9 Å². The maximum absolute atomic E-state index is 12.0. The minimum atomic E-state index is -0.280. The number of carbonyl (C=O) groups excluding carboxylic acids is 1. The van der Waals surface area contributed by atoms with E-state index in [1.165, 1.54) is 11.1 Å². The molecule has 0 radical (unpaired) electrons. The molecule has 0 aromatic heterocycles. The molecule has 0 aliphatic heterocycles. The third-order valence-corrected chi connectivity index (χ3v) is 4.23. The van der Waals surface area contributed by atoms with Gasteiger partial charge >= 0.3 is 0 Å². The number of benzene rings is 1. The summed E-state index contributed by atoms with van der Waals surface area (Å²) in [7, 11) is 0. The summed E-state index contributed by atoms with van der Waals surface area (Å²) in [5.41, 5.74) is 7.93. The minimum Gasteiger partial charge on any atom is -0.493 e. The number of amides is 1. The Balaban J connectivity index is 2.44. The van der Waals surface area contributed by atoms with Crippen molar-refractivity contribution in [3.63, 3.8) is 0 Å². The second-order valence-electron chi connectivity index (χ2n) is 5.58. The predicted octanol–water partition coefficient (Wildman–Crippen LogP) is 2.71. The number of nitrogens with two attached hydrogens (primary N) is 1. The van der Waals surface area contributed by atoms with Gasteiger partial charge < -0.3 is 15.8 Å². The molecule has 0 unspecified atom stereocenters. The molecule has 0 saturated heterocycles. The van der Waals surface area contributed by atoms with Gasteiger partial charge in [0.05, 0.1) is 18.6 Å². The molecule has 3 N–H and O–H groups in total. The fourth-order valence-corrected chi connectivity index (χ4v) is 2.19. The maximum Gasteiger partial charge on any atom is 0.223 e. The standard InChI is InChI=1S/C17H28N2O2/c1-5-17(6-2,12-18)19-16(20)9-10-21-15-8-7-13(3)14(4)11-15/h7-8,11H,5-6,9-10,12,18H2,1-4H3,(H,19,20). The van der Waals surface area contributed by atoms with E-state index < -0.39 is 0 Å². The summed E-state index contributed by atoms with van der Waals surface area (Å²) >= 11 is 0. The van der Waals surface area contributed by atoms with E-state index in [0.29, 0.717) is 19.6 Å². The SMILES string of the molecule is CCC(CC)(CN)NC(=O)CCOc1ccc(C)c(C)c1. The highest BCUT2D eigenvalue weighted by atomic mass is 16.5. The Labute approximate surface area is 128 Å². The van der Waals surface area contributed by atoms with E-state index in [1.807, 2.05) is 39.0 Å². The van der Waals surface area contributed by atoms with Crippen LogP contribution in [0.2, 0.25) is 0 Å². The number of hydrogen-bond acceptors (Lipinski definition) is 3. The Morgan fingerprint density at radius 2 is 1.90 bits per heavy atom. The summed E-state index contributed by atoms with van der Waals surface area (Å²) in [5.74, 6) is 0.801. The van der Waals surface area contributed by atoms with Crippen molar-refractivity contribution in [3.05, 3.63) is 29.3 Å². The zero-order valence-corrected chi connectivity index (χ0v) is 13.7. The fraction of sp³-hybridized carbons (Fsp3) is 0.588. The molecule has 118 valence electrons. The van der Waals surface area contributed by atoms with Crippen molar-refractivity contribution in [1.29, 1.82) is 0 Å². The zero-order chi connectivity index (χ0) is 15.9. The molecule has 1 amide bonds. The lowest BCUT2D eigenvalue weighted by Crippen LogP contribution is -2.53. The first-order chi connectivity index (χ1) is 9.96. The van der Waals surface area contributed by atoms with E-state index in [4.69, 9.17) is 10.5 Å². The number of nitrogens with one attached hydrogen (secondary N) is 1. The van der Waals surface area contributed by atoms with E-state index in [1.54, 1.807) is 0 Å². The van der Waals surface area contributed by atoms with Crippen molar-refractivity contribution in [1.82, 2.24) is 5.32 Å². The van der Waals surface area contributed by atoms with Crippen LogP contribution in [-0.2, 0) is 4.79 Å². The lowest BCUT2D eigenvalue weighted by Gasteiger charge is -2.31. The van der Waals surface area contributed by atoms with Crippen LogP contribution in [0.5, 0.6) is 5.75 Å². The first-order valence-corrected chi connectivity index (χ1v) is 7.67. The Hall–Kier alpha value is -1.55. The van der Waals surface area contributed by atoms with Gasteiger partial charge in [0, 0.05) is 6.54 Å². The van der Waals surface area contributed by atoms with Gasteiger partial charge in [0.1, 0.15) is 5.75 Å². The van der Waals surface area contributed by atoms with Crippen LogP contribution in [-0.4, -0.2) is 24.6 Å². The molecule has 0 saturated carbocycles. The average Bonchev–Trinajstić information content (AvgIpc) is 2.48. The van der Waals surface area contributed by atoms with E-state index >= 15 is 0 Å². The Morgan fingerprint density at radius 3 is 2.43 bits per heavy atom. The predicted molar refractivity (Wildman–Crippen MR) is 86.5 cm³/mol. The molecule has 0 bridgehead atoms. The van der Waals surface area contributed by atoms with Gasteiger partial charge in [-0.25, -0.2) is 0 Å². The molecule has 1 aromatic carbocycles. The summed E-state index contributed by atoms with van der Waals surface area (Å²) in [6, 6.07) is 5.95. The Bertz CT molecular complexity index is 460. The molecule has 21 heavy (non-hydrogen) atoms. The molecule has 0 atom stereocenters. The second kappa shape index (κ2) is 8.03. The molecule has 1 rings (SSSR count). The van der Waals surface area contributed by atoms with Crippen molar-refractivity contribution in [3.8, 4) is 5.75 Å². The van der Waals surface area contributed by atoms with Crippen molar-refractivity contribution >= 4 is 5.91 Å². The van der Waals surface area contributed by atoms with Gasteiger partial charge in [-0.05, 0) is 49.9 Å². The molecule has 1 aromatic rings. The lowest BCUT2D eigenvalue weighted by atomic mass is 9.93. The van der Waals surface area contributed by atoms with Crippen molar-refractivity contribution in [2.45, 2.75) is 52.5 Å². The molecular formula is C17H28N2O2. The monoisotopic (exact) mass is 292 g/mol. The third-order valence-electron chi connectivity index (χ3n) is 4.23. The minimum absolute atomic E-state index is 0.00650. The molecule has 4 nitrogen and oxygen atoms in total. The Kier molecular flexibility index (Phi) is 6.69. The quantitative estimate of drug-likeness (QED) is 0.774. The van der Waals surface area contributed by atoms with Gasteiger partial charge in [-0.3, -0.25) is 4.79 Å². The highest BCUT2D eigenvalue weighted by Crippen LogP contribution is 2.17. The van der Waals surface area contributed by atoms with Crippen molar-refractivity contribution in [2.24, 2.45) is 5.73 Å². The van der Waals surface area contributed by atoms with E-state index in [0.717, 1.165) is 18.6 Å². The molecule has 0 fully saturated rings. The van der Waals surface area contributed by atoms with E-state index in [9.17, 15) is 4.79 Å². The van der Waals surface area contributed by atoms with Crippen LogP contribution in [0.25, 0.3) is 0 Å². The van der Waals surface area contributed by atoms with Crippen molar-refractivity contribution < 1.29 is 9.53 Å². The summed E-state index contributed by atoms with van der Waals surface area (Å²) < 4.78 is 5.64. The van der Waals surface area contributed by atoms with Crippen LogP contribution in [0.3, 0.4) is 0 Å². The molecule has 0 aliphatic rings. The fourth-order valence-electron chi connectivity index (χ4n) is 2.19. The molecule has 4 heteroatoms. The van der Waals surface area contributed by atoms with Gasteiger partial charge in [0.15, 0.2) is 0 Å². The largest absolute Gasteiger partial charge is 0.493 e. The zero-order valence-electron chi connectivity index (χ0n) is 13.7. The highest BCUT2D eigenvalue weighted by molar-refractivity contribution is 5.77. The first-order valence-electron chi connectivity index (χ1n) is 7.67. The van der Waals surface area contributed by atoms with Crippen LogP contribution in [0.4, 0.5) is 0 Å². The first kappa shape index (κ1) is 17.5. The normalized spacial score (nSPS) is 11.3. The van der Waals surface area contributed by atoms with Crippen LogP contribution < -0.4 is 15.8 Å². The number of rotatable bonds is 8. The average molecular weight is 292 g/mol.